The summed E-state index contributed by atoms with van der Waals surface area (Å²) in [6.45, 7) is 2.05. The summed E-state index contributed by atoms with van der Waals surface area (Å²) in [7, 11) is 0. The molecule has 1 aromatic carbocycles. The number of carboxylic acid groups (broad SMARTS) is 1. The number of nitrogens with one attached hydrogen (secondary N) is 2. The number of amides is 1. The van der Waals surface area contributed by atoms with E-state index < -0.39 is 5.97 Å². The molecule has 5 nitrogen and oxygen atoms in total. The van der Waals surface area contributed by atoms with E-state index in [1.165, 1.54) is 0 Å². The Balaban J connectivity index is 2.08. The van der Waals surface area contributed by atoms with Crippen molar-refractivity contribution in [3.63, 3.8) is 0 Å². The highest BCUT2D eigenvalue weighted by molar-refractivity contribution is 6.38. The number of benzene rings is 1. The van der Waals surface area contributed by atoms with Gasteiger partial charge in [-0.1, -0.05) is 36.7 Å². The number of carbonyl (C=O) groups is 2. The number of aliphatic carboxylic acids is 1. The number of carbonyl (C=O) groups excluding carboxylic acids is 1. The first kappa shape index (κ1) is 14.4. The molecule has 2 aromatic rings. The molecule has 0 aliphatic heterocycles. The van der Waals surface area contributed by atoms with E-state index >= 15 is 0 Å². The maximum atomic E-state index is 12.1. The minimum atomic E-state index is -0.879. The number of H-pyrrole nitrogens is 1. The fraction of sp³-hybridized carbons (Fsp3) is 0.286. The molecule has 1 amide bonds. The van der Waals surface area contributed by atoms with Crippen molar-refractivity contribution in [2.24, 2.45) is 5.92 Å². The Hall–Kier alpha value is -2.01. The molecule has 1 atom stereocenters. The van der Waals surface area contributed by atoms with Crippen molar-refractivity contribution in [1.29, 1.82) is 0 Å². The lowest BCUT2D eigenvalue weighted by Crippen LogP contribution is -2.29. The van der Waals surface area contributed by atoms with Crippen LogP contribution < -0.4 is 5.32 Å². The fourth-order valence-electron chi connectivity index (χ4n) is 1.99. The topological polar surface area (TPSA) is 82.2 Å². The van der Waals surface area contributed by atoms with E-state index in [0.717, 1.165) is 10.9 Å². The van der Waals surface area contributed by atoms with E-state index in [9.17, 15) is 9.59 Å². The van der Waals surface area contributed by atoms with Crippen LogP contribution in [0.1, 0.15) is 23.8 Å². The maximum absolute atomic E-state index is 12.1. The molecule has 0 saturated carbocycles. The summed E-state index contributed by atoms with van der Waals surface area (Å²) in [5, 5.41) is 12.5. The molecule has 2 rings (SSSR count). The van der Waals surface area contributed by atoms with Gasteiger partial charge in [0.25, 0.3) is 5.91 Å². The molecule has 0 spiro atoms. The van der Waals surface area contributed by atoms with Crippen molar-refractivity contribution in [2.45, 2.75) is 13.3 Å². The van der Waals surface area contributed by atoms with Gasteiger partial charge in [0.1, 0.15) is 5.69 Å². The lowest BCUT2D eigenvalue weighted by atomic mass is 10.1. The van der Waals surface area contributed by atoms with Crippen LogP contribution in [0.2, 0.25) is 5.02 Å². The van der Waals surface area contributed by atoms with E-state index in [4.69, 9.17) is 16.7 Å². The van der Waals surface area contributed by atoms with E-state index in [0.29, 0.717) is 10.7 Å². The number of aromatic amines is 1. The van der Waals surface area contributed by atoms with Crippen LogP contribution in [0.3, 0.4) is 0 Å². The Labute approximate surface area is 120 Å². The lowest BCUT2D eigenvalue weighted by Gasteiger charge is -2.09. The normalized spacial score (nSPS) is 12.3. The number of fused-ring (bicyclic) bond motifs is 1. The third kappa shape index (κ3) is 3.11. The monoisotopic (exact) mass is 294 g/mol. The number of para-hydroxylation sites is 1. The van der Waals surface area contributed by atoms with Gasteiger partial charge in [0.05, 0.1) is 5.02 Å². The van der Waals surface area contributed by atoms with Crippen molar-refractivity contribution >= 4 is 34.4 Å². The summed E-state index contributed by atoms with van der Waals surface area (Å²) in [5.74, 6) is -1.35. The third-order valence-corrected chi connectivity index (χ3v) is 3.40. The largest absolute Gasteiger partial charge is 0.481 e. The highest BCUT2D eigenvalue weighted by Gasteiger charge is 2.17. The van der Waals surface area contributed by atoms with E-state index in [1.54, 1.807) is 6.92 Å². The molecule has 1 aromatic heterocycles. The van der Waals surface area contributed by atoms with Gasteiger partial charge < -0.3 is 15.4 Å². The average molecular weight is 295 g/mol. The highest BCUT2D eigenvalue weighted by Crippen LogP contribution is 2.26. The van der Waals surface area contributed by atoms with Gasteiger partial charge in [0, 0.05) is 23.9 Å². The van der Waals surface area contributed by atoms with Crippen molar-refractivity contribution in [3.8, 4) is 0 Å². The fourth-order valence-corrected chi connectivity index (χ4v) is 2.29. The van der Waals surface area contributed by atoms with Crippen molar-refractivity contribution in [2.75, 3.05) is 6.54 Å². The molecule has 0 bridgehead atoms. The number of aromatic nitrogens is 1. The zero-order valence-electron chi connectivity index (χ0n) is 10.9. The Morgan fingerprint density at radius 2 is 2.10 bits per heavy atom. The standard InChI is InChI=1S/C14H15ClN2O3/c1-8(6-11(18)19)7-16-14(20)13-12(15)9-4-2-3-5-10(9)17-13/h2-5,8,17H,6-7H2,1H3,(H,16,20)(H,18,19). The third-order valence-electron chi connectivity index (χ3n) is 3.00. The second-order valence-electron chi connectivity index (χ2n) is 4.77. The molecular formula is C14H15ClN2O3. The molecule has 20 heavy (non-hydrogen) atoms. The molecule has 0 radical (unpaired) electrons. The second kappa shape index (κ2) is 5.96. The number of hydrogen-bond acceptors (Lipinski definition) is 2. The van der Waals surface area contributed by atoms with Gasteiger partial charge in [-0.3, -0.25) is 9.59 Å². The Morgan fingerprint density at radius 1 is 1.40 bits per heavy atom. The summed E-state index contributed by atoms with van der Waals surface area (Å²) >= 11 is 6.17. The van der Waals surface area contributed by atoms with Gasteiger partial charge in [0.2, 0.25) is 0 Å². The van der Waals surface area contributed by atoms with Crippen LogP contribution in [0.5, 0.6) is 0 Å². The first-order valence-corrected chi connectivity index (χ1v) is 6.63. The minimum Gasteiger partial charge on any atom is -0.481 e. The van der Waals surface area contributed by atoms with E-state index in [-0.39, 0.29) is 24.8 Å². The lowest BCUT2D eigenvalue weighted by molar-refractivity contribution is -0.137. The quantitative estimate of drug-likeness (QED) is 0.793. The Morgan fingerprint density at radius 3 is 2.75 bits per heavy atom. The van der Waals surface area contributed by atoms with Gasteiger partial charge in [0.15, 0.2) is 0 Å². The second-order valence-corrected chi connectivity index (χ2v) is 5.15. The van der Waals surface area contributed by atoms with Crippen LogP contribution in [0.25, 0.3) is 10.9 Å². The molecule has 0 saturated heterocycles. The SMILES string of the molecule is CC(CNC(=O)c1[nH]c2ccccc2c1Cl)CC(=O)O. The van der Waals surface area contributed by atoms with Gasteiger partial charge in [-0.15, -0.1) is 0 Å². The van der Waals surface area contributed by atoms with Crippen LogP contribution in [0.4, 0.5) is 0 Å². The van der Waals surface area contributed by atoms with E-state index in [1.807, 2.05) is 24.3 Å². The van der Waals surface area contributed by atoms with Crippen LogP contribution in [-0.2, 0) is 4.79 Å². The molecule has 0 aliphatic carbocycles. The first-order valence-electron chi connectivity index (χ1n) is 6.25. The van der Waals surface area contributed by atoms with Gasteiger partial charge in [-0.05, 0) is 12.0 Å². The van der Waals surface area contributed by atoms with Gasteiger partial charge in [-0.2, -0.15) is 0 Å². The van der Waals surface area contributed by atoms with Crippen LogP contribution in [-0.4, -0.2) is 28.5 Å². The molecule has 3 N–H and O–H groups in total. The molecule has 6 heteroatoms. The molecule has 106 valence electrons. The van der Waals surface area contributed by atoms with Crippen LogP contribution in [0.15, 0.2) is 24.3 Å². The first-order chi connectivity index (χ1) is 9.49. The molecular weight excluding hydrogens is 280 g/mol. The number of rotatable bonds is 5. The zero-order chi connectivity index (χ0) is 14.7. The van der Waals surface area contributed by atoms with Gasteiger partial charge in [-0.25, -0.2) is 0 Å². The smallest absolute Gasteiger partial charge is 0.303 e. The predicted molar refractivity (Wildman–Crippen MR) is 77.1 cm³/mol. The predicted octanol–water partition coefficient (Wildman–Crippen LogP) is 2.66. The van der Waals surface area contributed by atoms with Crippen molar-refractivity contribution in [3.05, 3.63) is 35.0 Å². The average Bonchev–Trinajstić information content (AvgIpc) is 2.73. The summed E-state index contributed by atoms with van der Waals surface area (Å²) in [5.41, 5.74) is 1.09. The van der Waals surface area contributed by atoms with Crippen molar-refractivity contribution in [1.82, 2.24) is 10.3 Å². The molecule has 1 heterocycles. The van der Waals surface area contributed by atoms with Gasteiger partial charge >= 0.3 is 5.97 Å². The summed E-state index contributed by atoms with van der Waals surface area (Å²) < 4.78 is 0. The van der Waals surface area contributed by atoms with Crippen LogP contribution >= 0.6 is 11.6 Å². The Bertz CT molecular complexity index is 651. The summed E-state index contributed by atoms with van der Waals surface area (Å²) in [4.78, 5) is 25.6. The Kier molecular flexibility index (Phi) is 4.29. The van der Waals surface area contributed by atoms with Crippen molar-refractivity contribution < 1.29 is 14.7 Å². The highest BCUT2D eigenvalue weighted by atomic mass is 35.5. The number of hydrogen-bond donors (Lipinski definition) is 3. The van der Waals surface area contributed by atoms with Crippen LogP contribution in [0, 0.1) is 5.92 Å². The molecule has 0 fully saturated rings. The maximum Gasteiger partial charge on any atom is 0.303 e. The summed E-state index contributed by atoms with van der Waals surface area (Å²) in [6, 6.07) is 7.37. The zero-order valence-corrected chi connectivity index (χ0v) is 11.7. The summed E-state index contributed by atoms with van der Waals surface area (Å²) in [6.07, 6.45) is 0.0146. The number of halogens is 1. The number of carboxylic acids is 1. The molecule has 1 unspecified atom stereocenters. The molecule has 0 aliphatic rings. The minimum absolute atomic E-state index is 0.0146. The van der Waals surface area contributed by atoms with E-state index in [2.05, 4.69) is 10.3 Å².